The van der Waals surface area contributed by atoms with Gasteiger partial charge in [0, 0.05) is 6.54 Å². The minimum absolute atomic E-state index is 0.0168. The smallest absolute Gasteiger partial charge is 0.335 e. The summed E-state index contributed by atoms with van der Waals surface area (Å²) in [7, 11) is -4.18. The van der Waals surface area contributed by atoms with E-state index in [-0.39, 0.29) is 12.1 Å². The molecule has 24 heavy (non-hydrogen) atoms. The lowest BCUT2D eigenvalue weighted by Crippen LogP contribution is -2.27. The van der Waals surface area contributed by atoms with E-state index in [0.29, 0.717) is 16.5 Å². The molecule has 0 radical (unpaired) electrons. The lowest BCUT2D eigenvalue weighted by molar-refractivity contribution is 0.0696. The largest absolute Gasteiger partial charge is 0.478 e. The lowest BCUT2D eigenvalue weighted by atomic mass is 10.1. The number of nitrogens with one attached hydrogen (secondary N) is 1. The topological polar surface area (TPSA) is 83.5 Å². The highest BCUT2D eigenvalue weighted by atomic mass is 35.5. The van der Waals surface area contributed by atoms with Gasteiger partial charge in [0.15, 0.2) is 0 Å². The molecular weight excluding hydrogens is 380 g/mol. The van der Waals surface area contributed by atoms with Gasteiger partial charge in [0.1, 0.15) is 10.7 Å². The Hall–Kier alpha value is -1.67. The van der Waals surface area contributed by atoms with Gasteiger partial charge < -0.3 is 5.11 Å². The van der Waals surface area contributed by atoms with Crippen LogP contribution in [-0.4, -0.2) is 26.0 Å². The first-order valence-corrected chi connectivity index (χ1v) is 8.91. The Kier molecular flexibility index (Phi) is 5.82. The van der Waals surface area contributed by atoms with E-state index in [1.807, 2.05) is 0 Å². The van der Waals surface area contributed by atoms with Crippen LogP contribution >= 0.6 is 23.2 Å². The number of carboxylic acids is 1. The molecule has 0 saturated heterocycles. The van der Waals surface area contributed by atoms with Crippen molar-refractivity contribution in [2.24, 2.45) is 0 Å². The van der Waals surface area contributed by atoms with Crippen LogP contribution < -0.4 is 4.72 Å². The molecule has 128 valence electrons. The molecule has 0 aromatic heterocycles. The standard InChI is InChI=1S/C15H12Cl2FNO4S/c16-11-3-1-9(7-12(11)17)5-6-19-24(22,23)14-8-10(15(20)21)2-4-13(14)18/h1-4,7-8,19H,5-6H2,(H,20,21). The van der Waals surface area contributed by atoms with E-state index in [1.165, 1.54) is 0 Å². The first-order chi connectivity index (χ1) is 11.2. The quantitative estimate of drug-likeness (QED) is 0.790. The number of hydrogen-bond donors (Lipinski definition) is 2. The second kappa shape index (κ2) is 7.48. The zero-order valence-electron chi connectivity index (χ0n) is 12.1. The Morgan fingerprint density at radius 2 is 1.83 bits per heavy atom. The molecule has 2 aromatic carbocycles. The van der Waals surface area contributed by atoms with E-state index in [9.17, 15) is 17.6 Å². The van der Waals surface area contributed by atoms with E-state index in [0.717, 1.165) is 23.8 Å². The van der Waals surface area contributed by atoms with Crippen LogP contribution in [0.5, 0.6) is 0 Å². The summed E-state index contributed by atoms with van der Waals surface area (Å²) >= 11 is 11.7. The van der Waals surface area contributed by atoms with Crippen molar-refractivity contribution in [1.82, 2.24) is 4.72 Å². The van der Waals surface area contributed by atoms with Gasteiger partial charge in [-0.25, -0.2) is 22.3 Å². The summed E-state index contributed by atoms with van der Waals surface area (Å²) in [6.07, 6.45) is 0.302. The number of sulfonamides is 1. The van der Waals surface area contributed by atoms with E-state index < -0.39 is 26.7 Å². The number of carboxylic acid groups (broad SMARTS) is 1. The fourth-order valence-corrected chi connectivity index (χ4v) is 3.40. The molecule has 0 spiro atoms. The summed E-state index contributed by atoms with van der Waals surface area (Å²) in [6, 6.07) is 7.45. The molecule has 2 aromatic rings. The van der Waals surface area contributed by atoms with Crippen molar-refractivity contribution >= 4 is 39.2 Å². The summed E-state index contributed by atoms with van der Waals surface area (Å²) in [6.45, 7) is -0.0168. The molecule has 0 atom stereocenters. The van der Waals surface area contributed by atoms with Crippen LogP contribution in [0.2, 0.25) is 10.0 Å². The van der Waals surface area contributed by atoms with Crippen molar-refractivity contribution in [3.8, 4) is 0 Å². The molecule has 0 heterocycles. The molecule has 2 rings (SSSR count). The number of benzene rings is 2. The number of rotatable bonds is 6. The normalized spacial score (nSPS) is 11.5. The van der Waals surface area contributed by atoms with Crippen molar-refractivity contribution in [2.45, 2.75) is 11.3 Å². The van der Waals surface area contributed by atoms with Crippen molar-refractivity contribution in [1.29, 1.82) is 0 Å². The molecule has 0 fully saturated rings. The van der Waals surface area contributed by atoms with Gasteiger partial charge in [-0.2, -0.15) is 0 Å². The van der Waals surface area contributed by atoms with Gasteiger partial charge in [-0.3, -0.25) is 0 Å². The van der Waals surface area contributed by atoms with Gasteiger partial charge in [0.25, 0.3) is 0 Å². The van der Waals surface area contributed by atoms with Crippen LogP contribution in [0, 0.1) is 5.82 Å². The molecule has 9 heteroatoms. The monoisotopic (exact) mass is 391 g/mol. The highest BCUT2D eigenvalue weighted by Gasteiger charge is 2.20. The SMILES string of the molecule is O=C(O)c1ccc(F)c(S(=O)(=O)NCCc2ccc(Cl)c(Cl)c2)c1. The van der Waals surface area contributed by atoms with Crippen LogP contribution in [0.15, 0.2) is 41.3 Å². The summed E-state index contributed by atoms with van der Waals surface area (Å²) in [5.74, 6) is -2.37. The van der Waals surface area contributed by atoms with E-state index in [2.05, 4.69) is 4.72 Å². The van der Waals surface area contributed by atoms with Crippen molar-refractivity contribution in [2.75, 3.05) is 6.54 Å². The molecule has 0 aliphatic heterocycles. The molecule has 0 saturated carbocycles. The predicted octanol–water partition coefficient (Wildman–Crippen LogP) is 3.35. The molecule has 0 unspecified atom stereocenters. The fourth-order valence-electron chi connectivity index (χ4n) is 1.94. The number of hydrogen-bond acceptors (Lipinski definition) is 3. The van der Waals surface area contributed by atoms with Crippen LogP contribution in [0.1, 0.15) is 15.9 Å². The molecule has 2 N–H and O–H groups in total. The summed E-state index contributed by atoms with van der Waals surface area (Å²) in [5.41, 5.74) is 0.424. The summed E-state index contributed by atoms with van der Waals surface area (Å²) < 4.78 is 40.3. The van der Waals surface area contributed by atoms with Crippen LogP contribution in [0.4, 0.5) is 4.39 Å². The van der Waals surface area contributed by atoms with Gasteiger partial charge in [-0.05, 0) is 42.3 Å². The minimum atomic E-state index is -4.18. The molecule has 5 nitrogen and oxygen atoms in total. The van der Waals surface area contributed by atoms with Gasteiger partial charge >= 0.3 is 5.97 Å². The molecular formula is C15H12Cl2FNO4S. The Labute approximate surface area is 148 Å². The van der Waals surface area contributed by atoms with Crippen molar-refractivity contribution < 1.29 is 22.7 Å². The summed E-state index contributed by atoms with van der Waals surface area (Å²) in [4.78, 5) is 10.2. The zero-order chi connectivity index (χ0) is 17.9. The second-order valence-corrected chi connectivity index (χ2v) is 7.40. The molecule has 0 aliphatic carbocycles. The van der Waals surface area contributed by atoms with Crippen LogP contribution in [0.25, 0.3) is 0 Å². The lowest BCUT2D eigenvalue weighted by Gasteiger charge is -2.09. The third-order valence-corrected chi connectivity index (χ3v) is 5.37. The highest BCUT2D eigenvalue weighted by Crippen LogP contribution is 2.23. The highest BCUT2D eigenvalue weighted by molar-refractivity contribution is 7.89. The van der Waals surface area contributed by atoms with Gasteiger partial charge in [-0.15, -0.1) is 0 Å². The van der Waals surface area contributed by atoms with Crippen LogP contribution in [0.3, 0.4) is 0 Å². The average Bonchev–Trinajstić information content (AvgIpc) is 2.50. The van der Waals surface area contributed by atoms with Gasteiger partial charge in [-0.1, -0.05) is 29.3 Å². The number of aromatic carboxylic acids is 1. The Balaban J connectivity index is 2.12. The maximum atomic E-state index is 13.7. The zero-order valence-corrected chi connectivity index (χ0v) is 14.4. The third-order valence-electron chi connectivity index (χ3n) is 3.16. The number of halogens is 3. The van der Waals surface area contributed by atoms with Gasteiger partial charge in [0.05, 0.1) is 15.6 Å². The molecule has 0 bridgehead atoms. The first-order valence-electron chi connectivity index (χ1n) is 6.67. The van der Waals surface area contributed by atoms with E-state index in [4.69, 9.17) is 28.3 Å². The maximum absolute atomic E-state index is 13.7. The second-order valence-electron chi connectivity index (χ2n) is 4.85. The average molecular weight is 392 g/mol. The predicted molar refractivity (Wildman–Crippen MR) is 88.7 cm³/mol. The first kappa shape index (κ1) is 18.7. The van der Waals surface area contributed by atoms with Crippen molar-refractivity contribution in [3.05, 3.63) is 63.4 Å². The van der Waals surface area contributed by atoms with Crippen LogP contribution in [-0.2, 0) is 16.4 Å². The summed E-state index contributed by atoms with van der Waals surface area (Å²) in [5, 5.41) is 9.61. The van der Waals surface area contributed by atoms with Gasteiger partial charge in [0.2, 0.25) is 10.0 Å². The van der Waals surface area contributed by atoms with E-state index in [1.54, 1.807) is 18.2 Å². The van der Waals surface area contributed by atoms with E-state index >= 15 is 0 Å². The van der Waals surface area contributed by atoms with Crippen molar-refractivity contribution in [3.63, 3.8) is 0 Å². The fraction of sp³-hybridized carbons (Fsp3) is 0.133. The Morgan fingerprint density at radius 1 is 1.12 bits per heavy atom. The Morgan fingerprint density at radius 3 is 2.46 bits per heavy atom. The molecule has 0 amide bonds. The molecule has 0 aliphatic rings. The maximum Gasteiger partial charge on any atom is 0.335 e. The Bertz CT molecular complexity index is 887. The minimum Gasteiger partial charge on any atom is -0.478 e. The number of carbonyl (C=O) groups is 1. The third kappa shape index (κ3) is 4.45.